The lowest BCUT2D eigenvalue weighted by atomic mass is 10.5. The number of nitrogens with zero attached hydrogens (tertiary/aromatic N) is 1. The molecule has 54 valence electrons. The number of halogens is 1. The van der Waals surface area contributed by atoms with Gasteiger partial charge in [0.1, 0.15) is 0 Å². The Hall–Kier alpha value is -0.540. The molecule has 0 saturated carbocycles. The third-order valence-electron chi connectivity index (χ3n) is 1.16. The van der Waals surface area contributed by atoms with E-state index >= 15 is 0 Å². The van der Waals surface area contributed by atoms with Crippen molar-refractivity contribution in [2.24, 2.45) is 0 Å². The average molecular weight is 176 g/mol. The molecule has 0 bridgehead atoms. The minimum absolute atomic E-state index is 0.460. The molecule has 0 saturated heterocycles. The predicted molar refractivity (Wildman–Crippen MR) is 44.0 cm³/mol. The molecule has 10 heavy (non-hydrogen) atoms. The first kappa shape index (κ1) is 7.57. The van der Waals surface area contributed by atoms with Gasteiger partial charge in [0.2, 0.25) is 0 Å². The summed E-state index contributed by atoms with van der Waals surface area (Å²) in [5.41, 5.74) is 0.838. The number of thiophene rings is 1. The van der Waals surface area contributed by atoms with Gasteiger partial charge in [-0.25, -0.2) is 0 Å². The van der Waals surface area contributed by atoms with Crippen molar-refractivity contribution in [3.63, 3.8) is 0 Å². The Balaban J connectivity index is 2.77. The molecule has 0 aliphatic carbocycles. The summed E-state index contributed by atoms with van der Waals surface area (Å²) in [4.78, 5) is 11.9. The summed E-state index contributed by atoms with van der Waals surface area (Å²) in [6, 6.07) is 1.84. The molecule has 0 spiro atoms. The summed E-state index contributed by atoms with van der Waals surface area (Å²) >= 11 is 6.74. The highest BCUT2D eigenvalue weighted by molar-refractivity contribution is 7.08. The van der Waals surface area contributed by atoms with Crippen molar-refractivity contribution < 1.29 is 4.79 Å². The quantitative estimate of drug-likeness (QED) is 0.475. The van der Waals surface area contributed by atoms with Crippen molar-refractivity contribution in [3.8, 4) is 0 Å². The number of carbonyl (C=O) groups excluding carboxylic acids is 1. The van der Waals surface area contributed by atoms with Crippen molar-refractivity contribution in [1.82, 2.24) is 0 Å². The summed E-state index contributed by atoms with van der Waals surface area (Å²) in [5.74, 6) is 0. The van der Waals surface area contributed by atoms with E-state index in [9.17, 15) is 4.79 Å². The Morgan fingerprint density at radius 2 is 2.50 bits per heavy atom. The first-order valence-electron chi connectivity index (χ1n) is 2.67. The summed E-state index contributed by atoms with van der Waals surface area (Å²) in [6.07, 6.45) is 0. The van der Waals surface area contributed by atoms with E-state index < -0.39 is 5.37 Å². The maximum Gasteiger partial charge on any atom is 0.320 e. The van der Waals surface area contributed by atoms with Crippen LogP contribution in [0.25, 0.3) is 0 Å². The molecule has 0 aliphatic heterocycles. The van der Waals surface area contributed by atoms with Crippen molar-refractivity contribution in [1.29, 1.82) is 0 Å². The Bertz CT molecular complexity index is 222. The second kappa shape index (κ2) is 3.03. The van der Waals surface area contributed by atoms with Crippen LogP contribution in [0, 0.1) is 0 Å². The number of amides is 1. The van der Waals surface area contributed by atoms with E-state index in [0.717, 1.165) is 5.69 Å². The first-order valence-corrected chi connectivity index (χ1v) is 3.99. The molecule has 0 aromatic carbocycles. The molecule has 0 atom stereocenters. The van der Waals surface area contributed by atoms with Gasteiger partial charge in [-0.3, -0.25) is 4.79 Å². The average Bonchev–Trinajstić information content (AvgIpc) is 2.36. The first-order chi connectivity index (χ1) is 4.72. The van der Waals surface area contributed by atoms with Crippen LogP contribution in [0.5, 0.6) is 0 Å². The third-order valence-corrected chi connectivity index (χ3v) is 2.08. The Morgan fingerprint density at radius 3 is 2.90 bits per heavy atom. The summed E-state index contributed by atoms with van der Waals surface area (Å²) in [7, 11) is 1.64. The molecule has 0 N–H and O–H groups in total. The minimum atomic E-state index is -0.460. The van der Waals surface area contributed by atoms with Gasteiger partial charge in [-0.05, 0) is 23.0 Å². The van der Waals surface area contributed by atoms with Gasteiger partial charge < -0.3 is 4.90 Å². The highest BCUT2D eigenvalue weighted by Gasteiger charge is 2.05. The maximum absolute atomic E-state index is 10.5. The summed E-state index contributed by atoms with van der Waals surface area (Å²) < 4.78 is 0. The largest absolute Gasteiger partial charge is 0.320 e. The number of rotatable bonds is 1. The molecule has 2 nitrogen and oxygen atoms in total. The Kier molecular flexibility index (Phi) is 2.29. The lowest BCUT2D eigenvalue weighted by Crippen LogP contribution is -2.18. The SMILES string of the molecule is CN(C(=O)Cl)c1ccsc1. The zero-order valence-corrected chi connectivity index (χ0v) is 6.95. The van der Waals surface area contributed by atoms with Crippen LogP contribution in [0.15, 0.2) is 16.8 Å². The monoisotopic (exact) mass is 175 g/mol. The van der Waals surface area contributed by atoms with Crippen molar-refractivity contribution in [2.75, 3.05) is 11.9 Å². The number of hydrogen-bond acceptors (Lipinski definition) is 2. The zero-order valence-electron chi connectivity index (χ0n) is 5.37. The van der Waals surface area contributed by atoms with Gasteiger partial charge in [-0.15, -0.1) is 0 Å². The molecule has 0 aliphatic rings. The van der Waals surface area contributed by atoms with E-state index in [-0.39, 0.29) is 0 Å². The van der Waals surface area contributed by atoms with Gasteiger partial charge in [-0.2, -0.15) is 11.3 Å². The van der Waals surface area contributed by atoms with Gasteiger partial charge in [0.05, 0.1) is 5.69 Å². The minimum Gasteiger partial charge on any atom is -0.301 e. The molecule has 0 fully saturated rings. The van der Waals surface area contributed by atoms with Crippen LogP contribution in [-0.2, 0) is 0 Å². The zero-order chi connectivity index (χ0) is 7.56. The van der Waals surface area contributed by atoms with Crippen LogP contribution in [-0.4, -0.2) is 12.4 Å². The van der Waals surface area contributed by atoms with Crippen LogP contribution in [0.3, 0.4) is 0 Å². The molecular formula is C6H6ClNOS. The molecule has 0 unspecified atom stereocenters. The smallest absolute Gasteiger partial charge is 0.301 e. The molecule has 1 rings (SSSR count). The van der Waals surface area contributed by atoms with Gasteiger partial charge in [0.25, 0.3) is 0 Å². The third kappa shape index (κ3) is 1.49. The molecule has 1 aromatic rings. The van der Waals surface area contributed by atoms with Crippen LogP contribution in [0.2, 0.25) is 0 Å². The highest BCUT2D eigenvalue weighted by atomic mass is 35.5. The van der Waals surface area contributed by atoms with E-state index in [1.54, 1.807) is 7.05 Å². The van der Waals surface area contributed by atoms with Gasteiger partial charge >= 0.3 is 5.37 Å². The lowest BCUT2D eigenvalue weighted by Gasteiger charge is -2.09. The van der Waals surface area contributed by atoms with Crippen LogP contribution >= 0.6 is 22.9 Å². The van der Waals surface area contributed by atoms with Crippen molar-refractivity contribution in [3.05, 3.63) is 16.8 Å². The van der Waals surface area contributed by atoms with E-state index in [1.807, 2.05) is 16.8 Å². The molecule has 1 amide bonds. The number of hydrogen-bond donors (Lipinski definition) is 0. The molecule has 0 radical (unpaired) electrons. The number of anilines is 1. The van der Waals surface area contributed by atoms with Gasteiger partial charge in [-0.1, -0.05) is 0 Å². The van der Waals surface area contributed by atoms with Crippen LogP contribution < -0.4 is 4.90 Å². The molecule has 1 heterocycles. The van der Waals surface area contributed by atoms with E-state index in [1.165, 1.54) is 16.2 Å². The normalized spacial score (nSPS) is 9.40. The molecule has 1 aromatic heterocycles. The fourth-order valence-electron chi connectivity index (χ4n) is 0.550. The summed E-state index contributed by atoms with van der Waals surface area (Å²) in [5, 5.41) is 3.30. The fraction of sp³-hybridized carbons (Fsp3) is 0.167. The highest BCUT2D eigenvalue weighted by Crippen LogP contribution is 2.17. The number of carbonyl (C=O) groups is 1. The Labute approximate surface area is 68.0 Å². The van der Waals surface area contributed by atoms with Gasteiger partial charge in [0.15, 0.2) is 0 Å². The second-order valence-electron chi connectivity index (χ2n) is 1.79. The predicted octanol–water partition coefficient (Wildman–Crippen LogP) is 2.54. The summed E-state index contributed by atoms with van der Waals surface area (Å²) in [6.45, 7) is 0. The standard InChI is InChI=1S/C6H6ClNOS/c1-8(6(7)9)5-2-3-10-4-5/h2-4H,1H3. The van der Waals surface area contributed by atoms with Gasteiger partial charge in [0, 0.05) is 12.4 Å². The fourth-order valence-corrected chi connectivity index (χ4v) is 1.32. The van der Waals surface area contributed by atoms with Crippen LogP contribution in [0.4, 0.5) is 10.5 Å². The second-order valence-corrected chi connectivity index (χ2v) is 2.90. The van der Waals surface area contributed by atoms with E-state index in [2.05, 4.69) is 0 Å². The van der Waals surface area contributed by atoms with Crippen molar-refractivity contribution in [2.45, 2.75) is 0 Å². The van der Waals surface area contributed by atoms with E-state index in [0.29, 0.717) is 0 Å². The van der Waals surface area contributed by atoms with Crippen LogP contribution in [0.1, 0.15) is 0 Å². The lowest BCUT2D eigenvalue weighted by molar-refractivity contribution is 0.265. The maximum atomic E-state index is 10.5. The molecular weight excluding hydrogens is 170 g/mol. The van der Waals surface area contributed by atoms with E-state index in [4.69, 9.17) is 11.6 Å². The molecule has 4 heteroatoms. The Morgan fingerprint density at radius 1 is 1.80 bits per heavy atom. The van der Waals surface area contributed by atoms with Crippen molar-refractivity contribution >= 4 is 34.0 Å². The topological polar surface area (TPSA) is 20.3 Å².